The molecular formula is C16H19NO5S. The Hall–Kier alpha value is -2.41. The maximum absolute atomic E-state index is 12.3. The molecule has 23 heavy (non-hydrogen) atoms. The summed E-state index contributed by atoms with van der Waals surface area (Å²) in [5.74, 6) is 1.04. The molecule has 7 heteroatoms. The second-order valence-electron chi connectivity index (χ2n) is 4.76. The van der Waals surface area contributed by atoms with Crippen LogP contribution in [0, 0.1) is 0 Å². The van der Waals surface area contributed by atoms with E-state index in [-0.39, 0.29) is 5.75 Å². The molecule has 2 aromatic carbocycles. The Balaban J connectivity index is 2.28. The number of hydrogen-bond acceptors (Lipinski definition) is 5. The van der Waals surface area contributed by atoms with Gasteiger partial charge in [0.1, 0.15) is 0 Å². The highest BCUT2D eigenvalue weighted by atomic mass is 32.2. The minimum atomic E-state index is -3.56. The molecule has 0 aliphatic carbocycles. The summed E-state index contributed by atoms with van der Waals surface area (Å²) in [5, 5.41) is 0. The predicted octanol–water partition coefficient (Wildman–Crippen LogP) is 2.65. The maximum Gasteiger partial charge on any atom is 0.236 e. The van der Waals surface area contributed by atoms with Crippen molar-refractivity contribution in [2.45, 2.75) is 5.75 Å². The fourth-order valence-corrected chi connectivity index (χ4v) is 3.33. The van der Waals surface area contributed by atoms with Crippen molar-refractivity contribution in [3.63, 3.8) is 0 Å². The van der Waals surface area contributed by atoms with Crippen LogP contribution in [0.3, 0.4) is 0 Å². The Labute approximate surface area is 136 Å². The Bertz CT molecular complexity index is 734. The Morgan fingerprint density at radius 1 is 0.913 bits per heavy atom. The van der Waals surface area contributed by atoms with Gasteiger partial charge in [-0.1, -0.05) is 30.3 Å². The molecule has 2 aromatic rings. The number of nitrogens with one attached hydrogen (secondary N) is 1. The third kappa shape index (κ3) is 4.29. The number of sulfonamides is 1. The molecule has 6 nitrogen and oxygen atoms in total. The molecule has 2 rings (SSSR count). The monoisotopic (exact) mass is 337 g/mol. The predicted molar refractivity (Wildman–Crippen MR) is 88.8 cm³/mol. The van der Waals surface area contributed by atoms with Gasteiger partial charge in [0.15, 0.2) is 11.5 Å². The van der Waals surface area contributed by atoms with Crippen molar-refractivity contribution < 1.29 is 22.6 Å². The highest BCUT2D eigenvalue weighted by Crippen LogP contribution is 2.40. The van der Waals surface area contributed by atoms with Gasteiger partial charge in [-0.2, -0.15) is 0 Å². The van der Waals surface area contributed by atoms with Gasteiger partial charge in [-0.15, -0.1) is 0 Å². The quantitative estimate of drug-likeness (QED) is 0.841. The number of hydrogen-bond donors (Lipinski definition) is 1. The Kier molecular flexibility index (Phi) is 5.33. The zero-order chi connectivity index (χ0) is 16.9. The van der Waals surface area contributed by atoms with E-state index in [2.05, 4.69) is 4.72 Å². The molecule has 0 saturated carbocycles. The average Bonchev–Trinajstić information content (AvgIpc) is 2.53. The van der Waals surface area contributed by atoms with E-state index < -0.39 is 10.0 Å². The molecule has 0 atom stereocenters. The fraction of sp³-hybridized carbons (Fsp3) is 0.250. The van der Waals surface area contributed by atoms with Gasteiger partial charge in [-0.05, 0) is 5.56 Å². The summed E-state index contributed by atoms with van der Waals surface area (Å²) >= 11 is 0. The zero-order valence-corrected chi connectivity index (χ0v) is 14.0. The Morgan fingerprint density at radius 3 is 1.96 bits per heavy atom. The van der Waals surface area contributed by atoms with Crippen LogP contribution in [-0.2, 0) is 15.8 Å². The molecule has 0 saturated heterocycles. The molecule has 0 aromatic heterocycles. The van der Waals surface area contributed by atoms with E-state index in [1.54, 1.807) is 36.4 Å². The van der Waals surface area contributed by atoms with Crippen molar-refractivity contribution in [3.8, 4) is 17.2 Å². The third-order valence-electron chi connectivity index (χ3n) is 3.14. The van der Waals surface area contributed by atoms with E-state index in [9.17, 15) is 8.42 Å². The van der Waals surface area contributed by atoms with Crippen molar-refractivity contribution in [1.29, 1.82) is 0 Å². The highest BCUT2D eigenvalue weighted by molar-refractivity contribution is 7.91. The van der Waals surface area contributed by atoms with Crippen molar-refractivity contribution in [1.82, 2.24) is 0 Å². The van der Waals surface area contributed by atoms with Gasteiger partial charge in [0.2, 0.25) is 15.8 Å². The summed E-state index contributed by atoms with van der Waals surface area (Å²) in [7, 11) is 0.870. The minimum Gasteiger partial charge on any atom is -0.493 e. The SMILES string of the molecule is COc1cc(NS(=O)(=O)Cc2ccccc2)cc(OC)c1OC. The third-order valence-corrected chi connectivity index (χ3v) is 4.40. The second kappa shape index (κ2) is 7.23. The van der Waals surface area contributed by atoms with E-state index in [0.717, 1.165) is 0 Å². The van der Waals surface area contributed by atoms with Crippen LogP contribution in [0.15, 0.2) is 42.5 Å². The summed E-state index contributed by atoms with van der Waals surface area (Å²) in [5.41, 5.74) is 1.04. The van der Waals surface area contributed by atoms with Gasteiger partial charge in [0.25, 0.3) is 0 Å². The molecule has 0 amide bonds. The number of methoxy groups -OCH3 is 3. The van der Waals surface area contributed by atoms with Crippen LogP contribution in [0.1, 0.15) is 5.56 Å². The van der Waals surface area contributed by atoms with Crippen molar-refractivity contribution >= 4 is 15.7 Å². The van der Waals surface area contributed by atoms with Crippen LogP contribution in [0.2, 0.25) is 0 Å². The molecule has 0 aliphatic rings. The summed E-state index contributed by atoms with van der Waals surface area (Å²) in [6, 6.07) is 12.0. The van der Waals surface area contributed by atoms with Gasteiger partial charge in [0.05, 0.1) is 32.8 Å². The first-order chi connectivity index (χ1) is 11.0. The average molecular weight is 337 g/mol. The Morgan fingerprint density at radius 2 is 1.48 bits per heavy atom. The first kappa shape index (κ1) is 17.0. The van der Waals surface area contributed by atoms with E-state index >= 15 is 0 Å². The van der Waals surface area contributed by atoms with E-state index in [4.69, 9.17) is 14.2 Å². The lowest BCUT2D eigenvalue weighted by Gasteiger charge is -2.15. The molecule has 0 bridgehead atoms. The first-order valence-electron chi connectivity index (χ1n) is 6.83. The van der Waals surface area contributed by atoms with Gasteiger partial charge in [-0.25, -0.2) is 8.42 Å². The minimum absolute atomic E-state index is 0.121. The van der Waals surface area contributed by atoms with E-state index in [1.165, 1.54) is 21.3 Å². The standard InChI is InChI=1S/C16H19NO5S/c1-20-14-9-13(10-15(21-2)16(14)22-3)17-23(18,19)11-12-7-5-4-6-8-12/h4-10,17H,11H2,1-3H3. The smallest absolute Gasteiger partial charge is 0.236 e. The number of rotatable bonds is 7. The van der Waals surface area contributed by atoms with Gasteiger partial charge in [0, 0.05) is 12.1 Å². The lowest BCUT2D eigenvalue weighted by Crippen LogP contribution is -2.15. The van der Waals surface area contributed by atoms with Crippen molar-refractivity contribution in [2.24, 2.45) is 0 Å². The first-order valence-corrected chi connectivity index (χ1v) is 8.48. The van der Waals surface area contributed by atoms with Gasteiger partial charge in [-0.3, -0.25) is 4.72 Å². The van der Waals surface area contributed by atoms with Crippen LogP contribution in [0.5, 0.6) is 17.2 Å². The molecule has 1 N–H and O–H groups in total. The highest BCUT2D eigenvalue weighted by Gasteiger charge is 2.17. The van der Waals surface area contributed by atoms with E-state index in [1.807, 2.05) is 6.07 Å². The zero-order valence-electron chi connectivity index (χ0n) is 13.2. The summed E-state index contributed by atoms with van der Waals surface area (Å²) < 4.78 is 42.8. The van der Waals surface area contributed by atoms with Crippen LogP contribution in [0.25, 0.3) is 0 Å². The van der Waals surface area contributed by atoms with Crippen LogP contribution in [-0.4, -0.2) is 29.7 Å². The lowest BCUT2D eigenvalue weighted by atomic mass is 10.2. The van der Waals surface area contributed by atoms with Crippen molar-refractivity contribution in [3.05, 3.63) is 48.0 Å². The number of ether oxygens (including phenoxy) is 3. The van der Waals surface area contributed by atoms with Crippen molar-refractivity contribution in [2.75, 3.05) is 26.1 Å². The van der Waals surface area contributed by atoms with Crippen LogP contribution < -0.4 is 18.9 Å². The second-order valence-corrected chi connectivity index (χ2v) is 6.48. The topological polar surface area (TPSA) is 73.9 Å². The molecule has 0 aliphatic heterocycles. The maximum atomic E-state index is 12.3. The molecular weight excluding hydrogens is 318 g/mol. The summed E-state index contributed by atoms with van der Waals surface area (Å²) in [4.78, 5) is 0. The van der Waals surface area contributed by atoms with Crippen LogP contribution in [0.4, 0.5) is 5.69 Å². The normalized spacial score (nSPS) is 10.9. The number of benzene rings is 2. The molecule has 0 spiro atoms. The largest absolute Gasteiger partial charge is 0.493 e. The molecule has 0 radical (unpaired) electrons. The molecule has 0 unspecified atom stereocenters. The number of anilines is 1. The van der Waals surface area contributed by atoms with Gasteiger partial charge < -0.3 is 14.2 Å². The molecule has 124 valence electrons. The summed E-state index contributed by atoms with van der Waals surface area (Å²) in [6.45, 7) is 0. The fourth-order valence-electron chi connectivity index (χ4n) is 2.15. The summed E-state index contributed by atoms with van der Waals surface area (Å²) in [6.07, 6.45) is 0. The molecule has 0 fully saturated rings. The lowest BCUT2D eigenvalue weighted by molar-refractivity contribution is 0.325. The van der Waals surface area contributed by atoms with Crippen LogP contribution >= 0.6 is 0 Å². The molecule has 0 heterocycles. The van der Waals surface area contributed by atoms with E-state index in [0.29, 0.717) is 28.5 Å². The van der Waals surface area contributed by atoms with Gasteiger partial charge >= 0.3 is 0 Å².